The van der Waals surface area contributed by atoms with E-state index in [2.05, 4.69) is 5.32 Å². The number of ether oxygens (including phenoxy) is 2. The van der Waals surface area contributed by atoms with Gasteiger partial charge in [0.15, 0.2) is 5.75 Å². The predicted octanol–water partition coefficient (Wildman–Crippen LogP) is 4.50. The minimum Gasteiger partial charge on any atom is -0.494 e. The highest BCUT2D eigenvalue weighted by Gasteiger charge is 2.45. The average Bonchev–Trinajstić information content (AvgIpc) is 2.81. The van der Waals surface area contributed by atoms with Gasteiger partial charge in [-0.2, -0.15) is 13.2 Å². The smallest absolute Gasteiger partial charge is 0.471 e. The summed E-state index contributed by atoms with van der Waals surface area (Å²) in [7, 11) is 1.55. The van der Waals surface area contributed by atoms with Crippen LogP contribution in [0.25, 0.3) is 0 Å². The lowest BCUT2D eigenvalue weighted by molar-refractivity contribution is -0.174. The average molecular weight is 406 g/mol. The van der Waals surface area contributed by atoms with Gasteiger partial charge in [-0.15, -0.1) is 0 Å². The van der Waals surface area contributed by atoms with Crippen LogP contribution in [-0.4, -0.2) is 31.8 Å². The van der Waals surface area contributed by atoms with E-state index in [-0.39, 0.29) is 0 Å². The number of fused-ring (bicyclic) bond motifs is 5. The number of halogens is 3. The van der Waals surface area contributed by atoms with Gasteiger partial charge >= 0.3 is 12.1 Å². The summed E-state index contributed by atoms with van der Waals surface area (Å²) in [6, 6.07) is 9.76. The van der Waals surface area contributed by atoms with E-state index >= 15 is 0 Å². The number of nitrogens with one attached hydrogen (secondary N) is 1. The molecule has 1 saturated heterocycles. The fraction of sp³-hybridized carbons (Fsp3) is 0.381. The van der Waals surface area contributed by atoms with Crippen LogP contribution in [0.5, 0.6) is 17.2 Å². The molecule has 2 aliphatic rings. The first-order chi connectivity index (χ1) is 13.8. The largest absolute Gasteiger partial charge is 0.494 e. The molecule has 5 nitrogen and oxygen atoms in total. The van der Waals surface area contributed by atoms with Crippen LogP contribution in [0.2, 0.25) is 0 Å². The van der Waals surface area contributed by atoms with Crippen molar-refractivity contribution < 1.29 is 27.4 Å². The van der Waals surface area contributed by atoms with E-state index in [0.29, 0.717) is 42.3 Å². The summed E-state index contributed by atoms with van der Waals surface area (Å²) in [6.45, 7) is 2.52. The molecular formula is C21H21F3N2O3. The number of carbonyl (C=O) groups is 1. The van der Waals surface area contributed by atoms with Crippen LogP contribution < -0.4 is 19.7 Å². The van der Waals surface area contributed by atoms with E-state index in [1.54, 1.807) is 13.2 Å². The predicted molar refractivity (Wildman–Crippen MR) is 102 cm³/mol. The number of benzene rings is 2. The summed E-state index contributed by atoms with van der Waals surface area (Å²) in [6.07, 6.45) is -3.88. The van der Waals surface area contributed by atoms with Gasteiger partial charge in [-0.1, -0.05) is 18.2 Å². The summed E-state index contributed by atoms with van der Waals surface area (Å²) in [5, 5.41) is 2.20. The Morgan fingerprint density at radius 1 is 1.24 bits per heavy atom. The molecule has 0 aromatic heterocycles. The number of aryl methyl sites for hydroxylation is 1. The summed E-state index contributed by atoms with van der Waals surface area (Å²) >= 11 is 0. The van der Waals surface area contributed by atoms with Gasteiger partial charge in [0.2, 0.25) is 0 Å². The van der Waals surface area contributed by atoms with Crippen molar-refractivity contribution in [3.8, 4) is 17.2 Å². The van der Waals surface area contributed by atoms with Gasteiger partial charge in [-0.3, -0.25) is 4.79 Å². The third-order valence-electron chi connectivity index (χ3n) is 5.35. The SMILES string of the molecule is COc1cc(C)cc2c1N1CCC[C@H](NC(=O)C(F)(F)F)[C@H]1c1ccccc1O2. The van der Waals surface area contributed by atoms with Crippen LogP contribution >= 0.6 is 0 Å². The first kappa shape index (κ1) is 19.4. The van der Waals surface area contributed by atoms with Gasteiger partial charge in [0, 0.05) is 12.1 Å². The maximum absolute atomic E-state index is 12.9. The summed E-state index contributed by atoms with van der Waals surface area (Å²) < 4.78 is 50.6. The van der Waals surface area contributed by atoms with Crippen LogP contribution in [-0.2, 0) is 4.79 Å². The highest BCUT2D eigenvalue weighted by molar-refractivity contribution is 5.82. The first-order valence-corrected chi connectivity index (χ1v) is 9.39. The standard InChI is InChI=1S/C21H21F3N2O3/c1-12-10-16(28-2)19-17(11-12)29-15-8-4-3-6-13(15)18-14(7-5-9-26(18)19)25-20(27)21(22,23)24/h3-4,6,8,10-11,14,18H,5,7,9H2,1-2H3,(H,25,27)/t14-,18+/m0/s1. The number of anilines is 1. The molecule has 0 aliphatic carbocycles. The molecule has 29 heavy (non-hydrogen) atoms. The lowest BCUT2D eigenvalue weighted by atomic mass is 9.89. The maximum Gasteiger partial charge on any atom is 0.471 e. The van der Waals surface area contributed by atoms with Gasteiger partial charge in [0.25, 0.3) is 0 Å². The van der Waals surface area contributed by atoms with E-state index in [1.807, 2.05) is 42.2 Å². The molecule has 2 aliphatic heterocycles. The number of piperidine rings is 1. The Hall–Kier alpha value is -2.90. The van der Waals surface area contributed by atoms with E-state index in [9.17, 15) is 18.0 Å². The van der Waals surface area contributed by atoms with Crippen molar-refractivity contribution in [3.63, 3.8) is 0 Å². The minimum atomic E-state index is -4.93. The number of alkyl halides is 3. The molecule has 0 bridgehead atoms. The molecule has 8 heteroatoms. The molecule has 1 amide bonds. The molecule has 2 heterocycles. The topological polar surface area (TPSA) is 50.8 Å². The van der Waals surface area contributed by atoms with Crippen molar-refractivity contribution in [2.24, 2.45) is 0 Å². The zero-order chi connectivity index (χ0) is 20.8. The lowest BCUT2D eigenvalue weighted by Gasteiger charge is -2.42. The number of rotatable bonds is 2. The van der Waals surface area contributed by atoms with Crippen molar-refractivity contribution in [2.75, 3.05) is 18.6 Å². The van der Waals surface area contributed by atoms with Crippen LogP contribution in [0.15, 0.2) is 36.4 Å². The summed E-state index contributed by atoms with van der Waals surface area (Å²) in [5.41, 5.74) is 2.36. The van der Waals surface area contributed by atoms with Crippen molar-refractivity contribution in [1.82, 2.24) is 5.32 Å². The third kappa shape index (κ3) is 3.47. The molecule has 0 radical (unpaired) electrons. The second kappa shape index (κ2) is 7.17. The summed E-state index contributed by atoms with van der Waals surface area (Å²) in [5.74, 6) is -0.203. The fourth-order valence-corrected chi connectivity index (χ4v) is 4.20. The normalized spacial score (nSPS) is 20.5. The van der Waals surface area contributed by atoms with Crippen molar-refractivity contribution in [3.05, 3.63) is 47.5 Å². The molecule has 4 rings (SSSR count). The lowest BCUT2D eigenvalue weighted by Crippen LogP contribution is -2.52. The van der Waals surface area contributed by atoms with E-state index < -0.39 is 24.2 Å². The van der Waals surface area contributed by atoms with E-state index in [4.69, 9.17) is 9.47 Å². The Morgan fingerprint density at radius 2 is 2.00 bits per heavy atom. The number of amides is 1. The Balaban J connectivity index is 1.86. The molecule has 2 aromatic rings. The fourth-order valence-electron chi connectivity index (χ4n) is 4.20. The zero-order valence-corrected chi connectivity index (χ0v) is 16.0. The molecular weight excluding hydrogens is 385 g/mol. The quantitative estimate of drug-likeness (QED) is 0.798. The van der Waals surface area contributed by atoms with Crippen molar-refractivity contribution in [2.45, 2.75) is 38.0 Å². The van der Waals surface area contributed by atoms with Crippen molar-refractivity contribution in [1.29, 1.82) is 0 Å². The Labute approximate surface area is 166 Å². The minimum absolute atomic E-state index is 0.431. The molecule has 1 N–H and O–H groups in total. The molecule has 2 aromatic carbocycles. The molecule has 0 saturated carbocycles. The number of para-hydroxylation sites is 1. The zero-order valence-electron chi connectivity index (χ0n) is 16.0. The van der Waals surface area contributed by atoms with Gasteiger partial charge in [0.1, 0.15) is 17.2 Å². The van der Waals surface area contributed by atoms with E-state index in [1.165, 1.54) is 0 Å². The molecule has 0 unspecified atom stereocenters. The van der Waals surface area contributed by atoms with Crippen LogP contribution in [0.3, 0.4) is 0 Å². The highest BCUT2D eigenvalue weighted by Crippen LogP contribution is 2.51. The number of carbonyl (C=O) groups excluding carboxylic acids is 1. The van der Waals surface area contributed by atoms with E-state index in [0.717, 1.165) is 11.1 Å². The Morgan fingerprint density at radius 3 is 2.72 bits per heavy atom. The van der Waals surface area contributed by atoms with Crippen LogP contribution in [0, 0.1) is 6.92 Å². The van der Waals surface area contributed by atoms with Crippen LogP contribution in [0.1, 0.15) is 30.0 Å². The van der Waals surface area contributed by atoms with Gasteiger partial charge in [-0.25, -0.2) is 0 Å². The summed E-state index contributed by atoms with van der Waals surface area (Å²) in [4.78, 5) is 13.7. The Bertz CT molecular complexity index is 945. The molecule has 154 valence electrons. The molecule has 1 fully saturated rings. The van der Waals surface area contributed by atoms with Gasteiger partial charge in [0.05, 0.1) is 19.2 Å². The van der Waals surface area contributed by atoms with Crippen molar-refractivity contribution >= 4 is 11.6 Å². The van der Waals surface area contributed by atoms with Crippen LogP contribution in [0.4, 0.5) is 18.9 Å². The monoisotopic (exact) mass is 406 g/mol. The van der Waals surface area contributed by atoms with Gasteiger partial charge < -0.3 is 19.7 Å². The molecule has 0 spiro atoms. The Kier molecular flexibility index (Phi) is 4.80. The second-order valence-electron chi connectivity index (χ2n) is 7.31. The number of hydrogen-bond acceptors (Lipinski definition) is 4. The molecule has 2 atom stereocenters. The first-order valence-electron chi connectivity index (χ1n) is 9.39. The number of methoxy groups -OCH3 is 1. The highest BCUT2D eigenvalue weighted by atomic mass is 19.4. The maximum atomic E-state index is 12.9. The number of hydrogen-bond donors (Lipinski definition) is 1. The van der Waals surface area contributed by atoms with Gasteiger partial charge in [-0.05, 0) is 43.5 Å². The second-order valence-corrected chi connectivity index (χ2v) is 7.31. The number of nitrogens with zero attached hydrogens (tertiary/aromatic N) is 1. The third-order valence-corrected chi connectivity index (χ3v) is 5.35.